The first-order valence-corrected chi connectivity index (χ1v) is 13.0. The largest absolute Gasteiger partial charge is 0.326 e. The Morgan fingerprint density at radius 3 is 2.44 bits per heavy atom. The molecule has 3 aromatic carbocycles. The molecule has 1 aromatic heterocycles. The standard InChI is InChI=1S/C30H26BrN3O2/c1-20-7-4-8-21(17-20)29-27-13-6-16-32(27)25-11-2-3-12-26(25)34(29)28(35)19-33(24-14-15-24)30(36)22-9-5-10-23(31)18-22/h2-13,16-18,24,29H,14-15,19H2,1H3. The number of rotatable bonds is 5. The molecule has 1 saturated carbocycles. The molecule has 0 saturated heterocycles. The molecule has 0 bridgehead atoms. The summed E-state index contributed by atoms with van der Waals surface area (Å²) in [5, 5.41) is 0. The number of anilines is 1. The highest BCUT2D eigenvalue weighted by Crippen LogP contribution is 2.42. The van der Waals surface area contributed by atoms with Crippen LogP contribution < -0.4 is 4.90 Å². The number of amides is 2. The highest BCUT2D eigenvalue weighted by Gasteiger charge is 2.40. The van der Waals surface area contributed by atoms with Crippen LogP contribution in [-0.2, 0) is 4.79 Å². The Balaban J connectivity index is 1.42. The summed E-state index contributed by atoms with van der Waals surface area (Å²) in [6, 6.07) is 27.6. The van der Waals surface area contributed by atoms with Crippen LogP contribution in [0.25, 0.3) is 5.69 Å². The molecular formula is C30H26BrN3O2. The summed E-state index contributed by atoms with van der Waals surface area (Å²) in [6.45, 7) is 2.10. The van der Waals surface area contributed by atoms with Gasteiger partial charge < -0.3 is 9.47 Å². The number of aromatic nitrogens is 1. The fourth-order valence-corrected chi connectivity index (χ4v) is 5.58. The van der Waals surface area contributed by atoms with Gasteiger partial charge in [0.1, 0.15) is 12.6 Å². The molecule has 0 radical (unpaired) electrons. The molecule has 1 unspecified atom stereocenters. The van der Waals surface area contributed by atoms with Gasteiger partial charge in [0.2, 0.25) is 5.91 Å². The maximum absolute atomic E-state index is 14.2. The van der Waals surface area contributed by atoms with Crippen LogP contribution in [0.3, 0.4) is 0 Å². The van der Waals surface area contributed by atoms with Crippen molar-refractivity contribution in [2.24, 2.45) is 0 Å². The van der Waals surface area contributed by atoms with Crippen LogP contribution >= 0.6 is 15.9 Å². The van der Waals surface area contributed by atoms with Gasteiger partial charge in [-0.15, -0.1) is 0 Å². The van der Waals surface area contributed by atoms with E-state index < -0.39 is 0 Å². The Labute approximate surface area is 219 Å². The summed E-state index contributed by atoms with van der Waals surface area (Å²) in [5.41, 5.74) is 5.63. The minimum atomic E-state index is -0.288. The third-order valence-corrected chi connectivity index (χ3v) is 7.46. The number of aryl methyl sites for hydroxylation is 1. The van der Waals surface area contributed by atoms with Crippen molar-refractivity contribution in [1.29, 1.82) is 0 Å². The summed E-state index contributed by atoms with van der Waals surface area (Å²) >= 11 is 3.47. The van der Waals surface area contributed by atoms with E-state index in [-0.39, 0.29) is 30.4 Å². The van der Waals surface area contributed by atoms with Crippen LogP contribution in [0.2, 0.25) is 0 Å². The number of nitrogens with zero attached hydrogens (tertiary/aromatic N) is 3. The van der Waals surface area contributed by atoms with Crippen LogP contribution in [-0.4, -0.2) is 33.9 Å². The van der Waals surface area contributed by atoms with Crippen LogP contribution in [0.15, 0.2) is 95.6 Å². The van der Waals surface area contributed by atoms with Crippen molar-refractivity contribution < 1.29 is 9.59 Å². The summed E-state index contributed by atoms with van der Waals surface area (Å²) in [6.07, 6.45) is 3.90. The molecule has 1 aliphatic heterocycles. The Bertz CT molecular complexity index is 1470. The van der Waals surface area contributed by atoms with E-state index in [1.54, 1.807) is 4.90 Å². The van der Waals surface area contributed by atoms with E-state index in [9.17, 15) is 9.59 Å². The number of carbonyl (C=O) groups is 2. The lowest BCUT2D eigenvalue weighted by Crippen LogP contribution is -2.47. The lowest BCUT2D eigenvalue weighted by molar-refractivity contribution is -0.119. The Hall–Kier alpha value is -3.64. The van der Waals surface area contributed by atoms with Crippen molar-refractivity contribution in [2.75, 3.05) is 11.4 Å². The van der Waals surface area contributed by atoms with Gasteiger partial charge in [-0.3, -0.25) is 14.5 Å². The molecule has 5 nitrogen and oxygen atoms in total. The predicted molar refractivity (Wildman–Crippen MR) is 144 cm³/mol. The van der Waals surface area contributed by atoms with E-state index in [0.29, 0.717) is 5.56 Å². The molecule has 2 aliphatic rings. The number of carbonyl (C=O) groups excluding carboxylic acids is 2. The van der Waals surface area contributed by atoms with E-state index >= 15 is 0 Å². The summed E-state index contributed by atoms with van der Waals surface area (Å²) < 4.78 is 3.01. The third kappa shape index (κ3) is 4.05. The molecule has 1 fully saturated rings. The average molecular weight is 540 g/mol. The van der Waals surface area contributed by atoms with Gasteiger partial charge in [0, 0.05) is 22.3 Å². The van der Waals surface area contributed by atoms with E-state index in [4.69, 9.17) is 0 Å². The minimum absolute atomic E-state index is 0.0351. The van der Waals surface area contributed by atoms with Gasteiger partial charge in [-0.05, 0) is 67.8 Å². The second-order valence-electron chi connectivity index (χ2n) is 9.55. The van der Waals surface area contributed by atoms with E-state index in [1.807, 2.05) is 71.8 Å². The predicted octanol–water partition coefficient (Wildman–Crippen LogP) is 6.29. The lowest BCUT2D eigenvalue weighted by atomic mass is 9.96. The SMILES string of the molecule is Cc1cccc(C2c3cccn3-c3ccccc3N2C(=O)CN(C(=O)c2cccc(Br)c2)C2CC2)c1. The molecule has 180 valence electrons. The lowest BCUT2D eigenvalue weighted by Gasteiger charge is -2.39. The number of hydrogen-bond acceptors (Lipinski definition) is 2. The molecule has 0 spiro atoms. The normalized spacial score (nSPS) is 16.3. The number of hydrogen-bond donors (Lipinski definition) is 0. The maximum atomic E-state index is 14.2. The molecule has 2 heterocycles. The van der Waals surface area contributed by atoms with E-state index in [0.717, 1.165) is 45.5 Å². The van der Waals surface area contributed by atoms with Crippen LogP contribution in [0.4, 0.5) is 5.69 Å². The molecule has 0 N–H and O–H groups in total. The number of benzene rings is 3. The van der Waals surface area contributed by atoms with Crippen LogP contribution in [0.1, 0.15) is 46.1 Å². The zero-order valence-electron chi connectivity index (χ0n) is 20.0. The highest BCUT2D eigenvalue weighted by molar-refractivity contribution is 9.10. The van der Waals surface area contributed by atoms with Crippen molar-refractivity contribution in [2.45, 2.75) is 31.8 Å². The number of halogens is 1. The second-order valence-corrected chi connectivity index (χ2v) is 10.5. The monoisotopic (exact) mass is 539 g/mol. The van der Waals surface area contributed by atoms with Crippen molar-refractivity contribution >= 4 is 33.4 Å². The summed E-state index contributed by atoms with van der Waals surface area (Å²) in [4.78, 5) is 31.4. The summed E-state index contributed by atoms with van der Waals surface area (Å²) in [5.74, 6) is -0.190. The first-order chi connectivity index (χ1) is 17.5. The van der Waals surface area contributed by atoms with E-state index in [2.05, 4.69) is 51.7 Å². The minimum Gasteiger partial charge on any atom is -0.326 e. The molecule has 4 aromatic rings. The van der Waals surface area contributed by atoms with Crippen molar-refractivity contribution in [1.82, 2.24) is 9.47 Å². The maximum Gasteiger partial charge on any atom is 0.254 e. The van der Waals surface area contributed by atoms with Crippen LogP contribution in [0.5, 0.6) is 0 Å². The Morgan fingerprint density at radius 1 is 0.917 bits per heavy atom. The fraction of sp³-hybridized carbons (Fsp3) is 0.200. The van der Waals surface area contributed by atoms with Gasteiger partial charge >= 0.3 is 0 Å². The average Bonchev–Trinajstić information content (AvgIpc) is 3.61. The molecule has 6 rings (SSSR count). The topological polar surface area (TPSA) is 45.6 Å². The summed E-state index contributed by atoms with van der Waals surface area (Å²) in [7, 11) is 0. The van der Waals surface area contributed by atoms with Crippen molar-refractivity contribution in [3.8, 4) is 5.69 Å². The van der Waals surface area contributed by atoms with Gasteiger partial charge in [0.25, 0.3) is 5.91 Å². The zero-order valence-corrected chi connectivity index (χ0v) is 21.6. The van der Waals surface area contributed by atoms with Gasteiger partial charge in [0.15, 0.2) is 0 Å². The molecule has 1 atom stereocenters. The second kappa shape index (κ2) is 9.10. The zero-order chi connectivity index (χ0) is 24.8. The quantitative estimate of drug-likeness (QED) is 0.299. The van der Waals surface area contributed by atoms with Gasteiger partial charge in [-0.25, -0.2) is 0 Å². The van der Waals surface area contributed by atoms with Gasteiger partial charge in [-0.2, -0.15) is 0 Å². The molecular weight excluding hydrogens is 514 g/mol. The van der Waals surface area contributed by atoms with Crippen molar-refractivity contribution in [3.63, 3.8) is 0 Å². The van der Waals surface area contributed by atoms with Gasteiger partial charge in [-0.1, -0.05) is 64.0 Å². The Morgan fingerprint density at radius 2 is 1.69 bits per heavy atom. The smallest absolute Gasteiger partial charge is 0.254 e. The third-order valence-electron chi connectivity index (χ3n) is 6.97. The first kappa shape index (κ1) is 22.8. The first-order valence-electron chi connectivity index (χ1n) is 12.2. The Kier molecular flexibility index (Phi) is 5.76. The number of fused-ring (bicyclic) bond motifs is 3. The molecule has 36 heavy (non-hydrogen) atoms. The van der Waals surface area contributed by atoms with Gasteiger partial charge in [0.05, 0.1) is 17.1 Å². The molecule has 1 aliphatic carbocycles. The highest BCUT2D eigenvalue weighted by atomic mass is 79.9. The molecule has 6 heteroatoms. The van der Waals surface area contributed by atoms with E-state index in [1.165, 1.54) is 0 Å². The fourth-order valence-electron chi connectivity index (χ4n) is 5.18. The molecule has 2 amide bonds. The number of para-hydroxylation sites is 2. The van der Waals surface area contributed by atoms with Crippen LogP contribution in [0, 0.1) is 6.92 Å². The van der Waals surface area contributed by atoms with Crippen molar-refractivity contribution in [3.05, 3.63) is 118 Å².